The first kappa shape index (κ1) is 17.0. The normalized spacial score (nSPS) is 10.5. The highest BCUT2D eigenvalue weighted by Gasteiger charge is 2.12. The minimum atomic E-state index is 0.744. The number of aryl methyl sites for hydroxylation is 2. The SMILES string of the molecule is CCc1ccc(Nc2nccnc2N(C)c2ccc(CC)cc2)cc1. The summed E-state index contributed by atoms with van der Waals surface area (Å²) in [6.07, 6.45) is 5.50. The smallest absolute Gasteiger partial charge is 0.176 e. The Labute approximate surface area is 149 Å². The van der Waals surface area contributed by atoms with Crippen molar-refractivity contribution in [2.75, 3.05) is 17.3 Å². The molecule has 1 heterocycles. The molecule has 4 heteroatoms. The second kappa shape index (κ2) is 7.79. The van der Waals surface area contributed by atoms with E-state index in [0.717, 1.165) is 35.9 Å². The zero-order valence-electron chi connectivity index (χ0n) is 15.0. The van der Waals surface area contributed by atoms with Gasteiger partial charge in [-0.15, -0.1) is 0 Å². The molecule has 2 aromatic carbocycles. The van der Waals surface area contributed by atoms with Crippen LogP contribution in [0.4, 0.5) is 23.0 Å². The van der Waals surface area contributed by atoms with Crippen LogP contribution in [-0.2, 0) is 12.8 Å². The highest BCUT2D eigenvalue weighted by Crippen LogP contribution is 2.29. The van der Waals surface area contributed by atoms with Gasteiger partial charge in [-0.1, -0.05) is 38.1 Å². The number of nitrogens with zero attached hydrogens (tertiary/aromatic N) is 3. The first-order valence-electron chi connectivity index (χ1n) is 8.71. The molecule has 3 rings (SSSR count). The van der Waals surface area contributed by atoms with Crippen molar-refractivity contribution >= 4 is 23.0 Å². The van der Waals surface area contributed by atoms with Crippen LogP contribution in [0, 0.1) is 0 Å². The van der Waals surface area contributed by atoms with E-state index in [1.54, 1.807) is 12.4 Å². The van der Waals surface area contributed by atoms with Crippen molar-refractivity contribution in [1.29, 1.82) is 0 Å². The summed E-state index contributed by atoms with van der Waals surface area (Å²) < 4.78 is 0. The maximum atomic E-state index is 4.53. The lowest BCUT2D eigenvalue weighted by molar-refractivity contribution is 1.08. The summed E-state index contributed by atoms with van der Waals surface area (Å²) in [6.45, 7) is 4.31. The molecule has 1 aromatic heterocycles. The van der Waals surface area contributed by atoms with E-state index >= 15 is 0 Å². The lowest BCUT2D eigenvalue weighted by Gasteiger charge is -2.21. The van der Waals surface area contributed by atoms with Gasteiger partial charge in [-0.05, 0) is 48.2 Å². The molecule has 4 nitrogen and oxygen atoms in total. The predicted molar refractivity (Wildman–Crippen MR) is 105 cm³/mol. The van der Waals surface area contributed by atoms with Crippen LogP contribution >= 0.6 is 0 Å². The Morgan fingerprint density at radius 3 is 1.96 bits per heavy atom. The van der Waals surface area contributed by atoms with Crippen molar-refractivity contribution in [3.8, 4) is 0 Å². The monoisotopic (exact) mass is 332 g/mol. The Morgan fingerprint density at radius 2 is 1.36 bits per heavy atom. The van der Waals surface area contributed by atoms with Crippen molar-refractivity contribution in [1.82, 2.24) is 9.97 Å². The van der Waals surface area contributed by atoms with Gasteiger partial charge in [0.15, 0.2) is 11.6 Å². The summed E-state index contributed by atoms with van der Waals surface area (Å²) in [6, 6.07) is 17.0. The number of anilines is 4. The van der Waals surface area contributed by atoms with Crippen molar-refractivity contribution < 1.29 is 0 Å². The molecular weight excluding hydrogens is 308 g/mol. The quantitative estimate of drug-likeness (QED) is 0.681. The van der Waals surface area contributed by atoms with Gasteiger partial charge in [0.2, 0.25) is 0 Å². The molecule has 128 valence electrons. The predicted octanol–water partition coefficient (Wildman–Crippen LogP) is 5.11. The summed E-state index contributed by atoms with van der Waals surface area (Å²) in [4.78, 5) is 11.1. The maximum Gasteiger partial charge on any atom is 0.176 e. The first-order valence-corrected chi connectivity index (χ1v) is 8.71. The van der Waals surface area contributed by atoms with Gasteiger partial charge in [0, 0.05) is 30.8 Å². The Hall–Kier alpha value is -2.88. The molecule has 0 saturated carbocycles. The minimum absolute atomic E-state index is 0.744. The molecule has 0 bridgehead atoms. The number of aromatic nitrogens is 2. The Bertz CT molecular complexity index is 810. The second-order valence-electron chi connectivity index (χ2n) is 5.98. The van der Waals surface area contributed by atoms with Crippen LogP contribution in [0.15, 0.2) is 60.9 Å². The van der Waals surface area contributed by atoms with E-state index in [-0.39, 0.29) is 0 Å². The average Bonchev–Trinajstić information content (AvgIpc) is 2.68. The molecule has 0 spiro atoms. The lowest BCUT2D eigenvalue weighted by atomic mass is 10.1. The summed E-state index contributed by atoms with van der Waals surface area (Å²) in [5, 5.41) is 3.38. The topological polar surface area (TPSA) is 41.1 Å². The third kappa shape index (κ3) is 3.97. The Morgan fingerprint density at radius 1 is 0.800 bits per heavy atom. The largest absolute Gasteiger partial charge is 0.337 e. The van der Waals surface area contributed by atoms with Crippen LogP contribution in [0.1, 0.15) is 25.0 Å². The summed E-state index contributed by atoms with van der Waals surface area (Å²) in [5.41, 5.74) is 4.74. The standard InChI is InChI=1S/C21H24N4/c1-4-16-6-10-18(11-7-16)24-20-21(23-15-14-22-20)25(3)19-12-8-17(5-2)9-13-19/h6-15H,4-5H2,1-3H3,(H,22,24). The van der Waals surface area contributed by atoms with Gasteiger partial charge in [-0.2, -0.15) is 0 Å². The van der Waals surface area contributed by atoms with E-state index in [9.17, 15) is 0 Å². The molecule has 25 heavy (non-hydrogen) atoms. The fourth-order valence-electron chi connectivity index (χ4n) is 2.70. The summed E-state index contributed by atoms with van der Waals surface area (Å²) in [7, 11) is 2.01. The number of rotatable bonds is 6. The molecule has 0 fully saturated rings. The molecule has 0 aliphatic heterocycles. The van der Waals surface area contributed by atoms with Crippen LogP contribution in [0.3, 0.4) is 0 Å². The van der Waals surface area contributed by atoms with Gasteiger partial charge in [0.25, 0.3) is 0 Å². The summed E-state index contributed by atoms with van der Waals surface area (Å²) >= 11 is 0. The molecule has 0 atom stereocenters. The van der Waals surface area contributed by atoms with Crippen LogP contribution in [0.5, 0.6) is 0 Å². The van der Waals surface area contributed by atoms with E-state index < -0.39 is 0 Å². The number of benzene rings is 2. The fourth-order valence-corrected chi connectivity index (χ4v) is 2.70. The van der Waals surface area contributed by atoms with Gasteiger partial charge in [-0.25, -0.2) is 9.97 Å². The average molecular weight is 332 g/mol. The lowest BCUT2D eigenvalue weighted by Crippen LogP contribution is -2.14. The molecule has 3 aromatic rings. The van der Waals surface area contributed by atoms with Crippen molar-refractivity contribution in [2.45, 2.75) is 26.7 Å². The first-order chi connectivity index (χ1) is 12.2. The maximum absolute atomic E-state index is 4.53. The molecular formula is C21H24N4. The van der Waals surface area contributed by atoms with E-state index in [4.69, 9.17) is 0 Å². The number of hydrogen-bond acceptors (Lipinski definition) is 4. The second-order valence-corrected chi connectivity index (χ2v) is 5.98. The molecule has 0 saturated heterocycles. The number of hydrogen-bond donors (Lipinski definition) is 1. The van der Waals surface area contributed by atoms with Gasteiger partial charge in [0.05, 0.1) is 0 Å². The van der Waals surface area contributed by atoms with Gasteiger partial charge in [-0.3, -0.25) is 0 Å². The molecule has 0 aliphatic rings. The number of nitrogens with one attached hydrogen (secondary N) is 1. The summed E-state index contributed by atoms with van der Waals surface area (Å²) in [5.74, 6) is 1.54. The third-order valence-corrected chi connectivity index (χ3v) is 4.35. The molecule has 0 aliphatic carbocycles. The minimum Gasteiger partial charge on any atom is -0.337 e. The fraction of sp³-hybridized carbons (Fsp3) is 0.238. The van der Waals surface area contributed by atoms with Crippen LogP contribution in [0.25, 0.3) is 0 Å². The highest BCUT2D eigenvalue weighted by atomic mass is 15.2. The highest BCUT2D eigenvalue weighted by molar-refractivity contribution is 5.73. The zero-order valence-corrected chi connectivity index (χ0v) is 15.0. The van der Waals surface area contributed by atoms with Gasteiger partial charge in [0.1, 0.15) is 0 Å². The van der Waals surface area contributed by atoms with E-state index in [0.29, 0.717) is 0 Å². The van der Waals surface area contributed by atoms with Crippen molar-refractivity contribution in [3.05, 3.63) is 72.1 Å². The molecule has 0 amide bonds. The Balaban J connectivity index is 1.86. The van der Waals surface area contributed by atoms with Gasteiger partial charge < -0.3 is 10.2 Å². The van der Waals surface area contributed by atoms with Crippen LogP contribution in [0.2, 0.25) is 0 Å². The third-order valence-electron chi connectivity index (χ3n) is 4.35. The zero-order chi connectivity index (χ0) is 17.6. The van der Waals surface area contributed by atoms with E-state index in [1.807, 2.05) is 7.05 Å². The van der Waals surface area contributed by atoms with Crippen molar-refractivity contribution in [2.24, 2.45) is 0 Å². The molecule has 0 unspecified atom stereocenters. The van der Waals surface area contributed by atoms with Crippen molar-refractivity contribution in [3.63, 3.8) is 0 Å². The van der Waals surface area contributed by atoms with Crippen LogP contribution < -0.4 is 10.2 Å². The van der Waals surface area contributed by atoms with E-state index in [2.05, 4.69) is 82.6 Å². The van der Waals surface area contributed by atoms with E-state index in [1.165, 1.54) is 11.1 Å². The Kier molecular flexibility index (Phi) is 5.29. The van der Waals surface area contributed by atoms with Gasteiger partial charge >= 0.3 is 0 Å². The molecule has 0 radical (unpaired) electrons. The molecule has 1 N–H and O–H groups in total. The van der Waals surface area contributed by atoms with Crippen LogP contribution in [-0.4, -0.2) is 17.0 Å².